The number of hydrogen-bond donors (Lipinski definition) is 2. The van der Waals surface area contributed by atoms with Crippen LogP contribution < -0.4 is 10.5 Å². The van der Waals surface area contributed by atoms with Crippen LogP contribution >= 0.6 is 22.9 Å². The molecule has 118 valence electrons. The lowest BCUT2D eigenvalue weighted by molar-refractivity contribution is 0.379. The van der Waals surface area contributed by atoms with E-state index in [4.69, 9.17) is 22.1 Å². The first kappa shape index (κ1) is 14.8. The Labute approximate surface area is 146 Å². The molecule has 0 fully saturated rings. The summed E-state index contributed by atoms with van der Waals surface area (Å²) in [5.41, 5.74) is 8.84. The molecule has 0 saturated carbocycles. The Balaban J connectivity index is 1.94. The molecule has 2 aromatic heterocycles. The lowest BCUT2D eigenvalue weighted by Crippen LogP contribution is -2.20. The number of thiophene rings is 1. The highest BCUT2D eigenvalue weighted by Gasteiger charge is 2.36. The molecule has 0 radical (unpaired) electrons. The molecule has 0 saturated heterocycles. The number of halogens is 1. The number of nitrogens with one attached hydrogen (secondary N) is 1. The number of nitrogens with two attached hydrogens (primary N) is 1. The van der Waals surface area contributed by atoms with Crippen LogP contribution in [0.3, 0.4) is 0 Å². The molecule has 7 heteroatoms. The SMILES string of the molecule is N#CC1=C(N)Oc2n[nH]c(-c3ccc(Cl)cc3)c2[C@H]1c1cccs1. The minimum Gasteiger partial charge on any atom is -0.420 e. The third kappa shape index (κ3) is 2.26. The Morgan fingerprint density at radius 3 is 2.75 bits per heavy atom. The summed E-state index contributed by atoms with van der Waals surface area (Å²) in [6, 6.07) is 13.5. The van der Waals surface area contributed by atoms with E-state index in [-0.39, 0.29) is 11.8 Å². The largest absolute Gasteiger partial charge is 0.420 e. The Morgan fingerprint density at radius 1 is 1.29 bits per heavy atom. The van der Waals surface area contributed by atoms with Gasteiger partial charge >= 0.3 is 0 Å². The van der Waals surface area contributed by atoms with Crippen LogP contribution in [0.5, 0.6) is 5.88 Å². The van der Waals surface area contributed by atoms with E-state index >= 15 is 0 Å². The van der Waals surface area contributed by atoms with Crippen molar-refractivity contribution in [1.29, 1.82) is 5.26 Å². The molecule has 1 aliphatic rings. The summed E-state index contributed by atoms with van der Waals surface area (Å²) in [7, 11) is 0. The van der Waals surface area contributed by atoms with Crippen molar-refractivity contribution in [3.05, 3.63) is 68.7 Å². The summed E-state index contributed by atoms with van der Waals surface area (Å²) in [5.74, 6) is 0.190. The smallest absolute Gasteiger partial charge is 0.244 e. The number of ether oxygens (including phenoxy) is 1. The van der Waals surface area contributed by atoms with Gasteiger partial charge in [-0.3, -0.25) is 5.10 Å². The quantitative estimate of drug-likeness (QED) is 0.727. The van der Waals surface area contributed by atoms with Gasteiger partial charge in [-0.2, -0.15) is 5.26 Å². The second-order valence-corrected chi connectivity index (χ2v) is 6.68. The van der Waals surface area contributed by atoms with E-state index in [0.29, 0.717) is 16.5 Å². The molecule has 1 aromatic carbocycles. The second-order valence-electron chi connectivity index (χ2n) is 5.26. The molecule has 0 unspecified atom stereocenters. The predicted octanol–water partition coefficient (Wildman–Crippen LogP) is 4.01. The van der Waals surface area contributed by atoms with Gasteiger partial charge in [-0.1, -0.05) is 29.8 Å². The number of allylic oxidation sites excluding steroid dienone is 1. The van der Waals surface area contributed by atoms with Crippen LogP contribution in [-0.4, -0.2) is 10.2 Å². The molecule has 0 spiro atoms. The average molecular weight is 355 g/mol. The summed E-state index contributed by atoms with van der Waals surface area (Å²) in [6.45, 7) is 0. The van der Waals surface area contributed by atoms with Crippen molar-refractivity contribution in [2.75, 3.05) is 0 Å². The topological polar surface area (TPSA) is 87.7 Å². The van der Waals surface area contributed by atoms with Gasteiger partial charge in [0.15, 0.2) is 0 Å². The molecule has 0 bridgehead atoms. The summed E-state index contributed by atoms with van der Waals surface area (Å²) in [5, 5.41) is 19.4. The number of rotatable bonds is 2. The summed E-state index contributed by atoms with van der Waals surface area (Å²) >= 11 is 7.54. The molecule has 5 nitrogen and oxygen atoms in total. The zero-order valence-electron chi connectivity index (χ0n) is 12.3. The van der Waals surface area contributed by atoms with Crippen LogP contribution in [-0.2, 0) is 0 Å². The third-order valence-electron chi connectivity index (χ3n) is 3.90. The minimum absolute atomic E-state index is 0.0950. The molecule has 0 aliphatic carbocycles. The van der Waals surface area contributed by atoms with Gasteiger partial charge in [0.1, 0.15) is 11.6 Å². The van der Waals surface area contributed by atoms with Crippen molar-refractivity contribution in [3.63, 3.8) is 0 Å². The lowest BCUT2D eigenvalue weighted by atomic mass is 9.87. The number of aromatic nitrogens is 2. The number of benzene rings is 1. The van der Waals surface area contributed by atoms with E-state index in [1.165, 1.54) is 0 Å². The predicted molar refractivity (Wildman–Crippen MR) is 92.7 cm³/mol. The fourth-order valence-corrected chi connectivity index (χ4v) is 3.79. The fraction of sp³-hybridized carbons (Fsp3) is 0.0588. The van der Waals surface area contributed by atoms with Gasteiger partial charge in [-0.25, -0.2) is 0 Å². The van der Waals surface area contributed by atoms with E-state index in [0.717, 1.165) is 21.7 Å². The minimum atomic E-state index is -0.303. The zero-order valence-corrected chi connectivity index (χ0v) is 13.9. The monoisotopic (exact) mass is 354 g/mol. The number of aromatic amines is 1. The van der Waals surface area contributed by atoms with Gasteiger partial charge in [0, 0.05) is 15.5 Å². The molecular weight excluding hydrogens is 344 g/mol. The molecule has 24 heavy (non-hydrogen) atoms. The van der Waals surface area contributed by atoms with Gasteiger partial charge in [0.05, 0.1) is 17.2 Å². The van der Waals surface area contributed by atoms with Crippen LogP contribution in [0.2, 0.25) is 5.02 Å². The van der Waals surface area contributed by atoms with E-state index in [2.05, 4.69) is 16.3 Å². The maximum Gasteiger partial charge on any atom is 0.244 e. The van der Waals surface area contributed by atoms with Crippen molar-refractivity contribution in [2.24, 2.45) is 5.73 Å². The molecule has 1 aliphatic heterocycles. The lowest BCUT2D eigenvalue weighted by Gasteiger charge is -2.22. The van der Waals surface area contributed by atoms with Crippen LogP contribution in [0.25, 0.3) is 11.3 Å². The molecule has 3 heterocycles. The number of H-pyrrole nitrogens is 1. The molecule has 0 amide bonds. The van der Waals surface area contributed by atoms with Crippen LogP contribution in [0.4, 0.5) is 0 Å². The third-order valence-corrected chi connectivity index (χ3v) is 5.09. The average Bonchev–Trinajstić information content (AvgIpc) is 3.24. The van der Waals surface area contributed by atoms with Crippen LogP contribution in [0, 0.1) is 11.3 Å². The summed E-state index contributed by atoms with van der Waals surface area (Å²) in [4.78, 5) is 1.01. The Morgan fingerprint density at radius 2 is 2.08 bits per heavy atom. The van der Waals surface area contributed by atoms with E-state index in [1.807, 2.05) is 41.8 Å². The molecule has 1 atom stereocenters. The van der Waals surface area contributed by atoms with E-state index < -0.39 is 0 Å². The molecule has 3 aromatic rings. The van der Waals surface area contributed by atoms with Crippen LogP contribution in [0.15, 0.2) is 53.2 Å². The molecular formula is C17H11ClN4OS. The second kappa shape index (κ2) is 5.71. The Bertz CT molecular complexity index is 967. The van der Waals surface area contributed by atoms with Gasteiger partial charge in [0.2, 0.25) is 11.8 Å². The first-order valence-electron chi connectivity index (χ1n) is 7.14. The maximum atomic E-state index is 9.58. The van der Waals surface area contributed by atoms with Crippen molar-refractivity contribution in [2.45, 2.75) is 5.92 Å². The van der Waals surface area contributed by atoms with Crippen molar-refractivity contribution < 1.29 is 4.74 Å². The highest BCUT2D eigenvalue weighted by Crippen LogP contribution is 2.46. The first-order valence-corrected chi connectivity index (χ1v) is 8.40. The number of fused-ring (bicyclic) bond motifs is 1. The molecule has 3 N–H and O–H groups in total. The highest BCUT2D eigenvalue weighted by atomic mass is 35.5. The van der Waals surface area contributed by atoms with Gasteiger partial charge in [-0.15, -0.1) is 16.4 Å². The normalized spacial score (nSPS) is 16.4. The van der Waals surface area contributed by atoms with Gasteiger partial charge in [-0.05, 0) is 23.6 Å². The van der Waals surface area contributed by atoms with Gasteiger partial charge in [0.25, 0.3) is 0 Å². The zero-order chi connectivity index (χ0) is 16.7. The Kier molecular flexibility index (Phi) is 3.53. The van der Waals surface area contributed by atoms with E-state index in [1.54, 1.807) is 11.3 Å². The summed E-state index contributed by atoms with van der Waals surface area (Å²) in [6.07, 6.45) is 0. The van der Waals surface area contributed by atoms with Crippen LogP contribution in [0.1, 0.15) is 16.4 Å². The van der Waals surface area contributed by atoms with Crippen molar-refractivity contribution >= 4 is 22.9 Å². The molecule has 4 rings (SSSR count). The maximum absolute atomic E-state index is 9.58. The Hall–Kier alpha value is -2.75. The van der Waals surface area contributed by atoms with Crippen molar-refractivity contribution in [1.82, 2.24) is 10.2 Å². The number of nitriles is 1. The van der Waals surface area contributed by atoms with Crippen molar-refractivity contribution in [3.8, 4) is 23.2 Å². The number of hydrogen-bond acceptors (Lipinski definition) is 5. The van der Waals surface area contributed by atoms with E-state index in [9.17, 15) is 5.26 Å². The fourth-order valence-electron chi connectivity index (χ4n) is 2.82. The van der Waals surface area contributed by atoms with Gasteiger partial charge < -0.3 is 10.5 Å². The standard InChI is InChI=1S/C17H11ClN4OS/c18-10-5-3-9(4-6-10)15-14-13(12-2-1-7-24-12)11(8-19)16(20)23-17(14)22-21-15/h1-7,13H,20H2,(H,21,22)/t13-/m1/s1. The summed E-state index contributed by atoms with van der Waals surface area (Å²) < 4.78 is 5.56. The number of nitrogens with zero attached hydrogens (tertiary/aromatic N) is 2. The highest BCUT2D eigenvalue weighted by molar-refractivity contribution is 7.10. The first-order chi connectivity index (χ1) is 11.7.